The second-order valence-corrected chi connectivity index (χ2v) is 7.62. The summed E-state index contributed by atoms with van der Waals surface area (Å²) < 4.78 is 13.3. The van der Waals surface area contributed by atoms with Crippen LogP contribution in [0.15, 0.2) is 35.4 Å². The molecule has 3 aromatic heterocycles. The topological polar surface area (TPSA) is 155 Å². The SMILES string of the molecule is C#C[C@@]1(CO)CC[C@H](n2ccc3c(N)nc(Cl)nc32)O1.Cn1ccc(COC(=O)O)cc1=O. The second kappa shape index (κ2) is 9.91. The van der Waals surface area contributed by atoms with Crippen LogP contribution in [0.2, 0.25) is 5.28 Å². The van der Waals surface area contributed by atoms with Gasteiger partial charge < -0.3 is 34.6 Å². The molecule has 174 valence electrons. The molecule has 1 aliphatic rings. The van der Waals surface area contributed by atoms with E-state index in [-0.39, 0.29) is 30.3 Å². The van der Waals surface area contributed by atoms with E-state index in [1.165, 1.54) is 10.6 Å². The monoisotopic (exact) mass is 475 g/mol. The van der Waals surface area contributed by atoms with Crippen molar-refractivity contribution < 1.29 is 24.5 Å². The Balaban J connectivity index is 0.000000205. The van der Waals surface area contributed by atoms with Crippen LogP contribution in [0, 0.1) is 12.3 Å². The van der Waals surface area contributed by atoms with Gasteiger partial charge in [-0.25, -0.2) is 9.78 Å². The first-order valence-corrected chi connectivity index (χ1v) is 10.1. The first-order chi connectivity index (χ1) is 15.7. The normalized spacial score (nSPS) is 19.5. The van der Waals surface area contributed by atoms with Gasteiger partial charge in [0, 0.05) is 25.5 Å². The lowest BCUT2D eigenvalue weighted by atomic mass is 10.0. The number of pyridine rings is 1. The molecule has 0 amide bonds. The Morgan fingerprint density at radius 3 is 2.82 bits per heavy atom. The number of halogens is 1. The number of aliphatic hydroxyl groups excluding tert-OH is 1. The molecule has 0 radical (unpaired) electrons. The van der Waals surface area contributed by atoms with Crippen molar-refractivity contribution in [1.29, 1.82) is 0 Å². The van der Waals surface area contributed by atoms with Crippen LogP contribution >= 0.6 is 11.6 Å². The van der Waals surface area contributed by atoms with Gasteiger partial charge in [-0.1, -0.05) is 5.92 Å². The predicted molar refractivity (Wildman–Crippen MR) is 119 cm³/mol. The van der Waals surface area contributed by atoms with E-state index in [2.05, 4.69) is 20.6 Å². The number of carbonyl (C=O) groups is 1. The maximum Gasteiger partial charge on any atom is 0.506 e. The molecule has 0 unspecified atom stereocenters. The highest BCUT2D eigenvalue weighted by Gasteiger charge is 2.39. The number of hydrogen-bond donors (Lipinski definition) is 3. The van der Waals surface area contributed by atoms with Gasteiger partial charge in [-0.05, 0) is 42.1 Å². The molecule has 11 nitrogen and oxygen atoms in total. The van der Waals surface area contributed by atoms with E-state index in [9.17, 15) is 14.7 Å². The highest BCUT2D eigenvalue weighted by molar-refractivity contribution is 6.28. The summed E-state index contributed by atoms with van der Waals surface area (Å²) in [6, 6.07) is 4.77. The van der Waals surface area contributed by atoms with Gasteiger partial charge in [-0.3, -0.25) is 4.79 Å². The van der Waals surface area contributed by atoms with Gasteiger partial charge in [0.1, 0.15) is 24.3 Å². The van der Waals surface area contributed by atoms with Crippen LogP contribution in [0.3, 0.4) is 0 Å². The number of nitrogens with zero attached hydrogens (tertiary/aromatic N) is 4. The zero-order valence-corrected chi connectivity index (χ0v) is 18.4. The van der Waals surface area contributed by atoms with Gasteiger partial charge in [0.05, 0.1) is 12.0 Å². The maximum atomic E-state index is 11.0. The smallest absolute Gasteiger partial charge is 0.450 e. The molecule has 3 aromatic rings. The fourth-order valence-corrected chi connectivity index (χ4v) is 3.46. The number of aryl methyl sites for hydroxylation is 1. The average molecular weight is 476 g/mol. The second-order valence-electron chi connectivity index (χ2n) is 7.28. The molecule has 1 saturated heterocycles. The largest absolute Gasteiger partial charge is 0.506 e. The highest BCUT2D eigenvalue weighted by Crippen LogP contribution is 2.37. The van der Waals surface area contributed by atoms with E-state index >= 15 is 0 Å². The standard InChI is InChI=1S/C13H13ClN4O2.C8H9NO4/c1-2-13(7-19)5-3-9(20-13)18-6-4-8-10(15)16-12(14)17-11(8)18;1-9-3-2-6(4-7(9)10)5-13-8(11)12/h1,4,6,9,19H,3,5,7H2,(H2,15,16,17);2-4H,5H2,1H3,(H,11,12)/t9-,13+;/m1./s1. The quantitative estimate of drug-likeness (QED) is 0.291. The molecule has 0 bridgehead atoms. The van der Waals surface area contributed by atoms with E-state index < -0.39 is 11.8 Å². The molecule has 0 saturated carbocycles. The van der Waals surface area contributed by atoms with Gasteiger partial charge in [-0.2, -0.15) is 4.98 Å². The van der Waals surface area contributed by atoms with Crippen LogP contribution in [-0.4, -0.2) is 47.7 Å². The number of carboxylic acid groups (broad SMARTS) is 1. The average Bonchev–Trinajstić information content (AvgIpc) is 3.40. The van der Waals surface area contributed by atoms with Crippen LogP contribution in [-0.2, 0) is 23.1 Å². The van der Waals surface area contributed by atoms with E-state index in [1.807, 2.05) is 4.57 Å². The van der Waals surface area contributed by atoms with Crippen LogP contribution < -0.4 is 11.3 Å². The number of terminal acetylenes is 1. The first-order valence-electron chi connectivity index (χ1n) is 9.75. The first kappa shape index (κ1) is 24.1. The van der Waals surface area contributed by atoms with Crippen LogP contribution in [0.5, 0.6) is 0 Å². The van der Waals surface area contributed by atoms with Crippen molar-refractivity contribution in [2.24, 2.45) is 7.05 Å². The number of aliphatic hydroxyl groups is 1. The number of aromatic nitrogens is 4. The molecule has 4 rings (SSSR count). The minimum atomic E-state index is -1.35. The minimum absolute atomic E-state index is 0.0818. The van der Waals surface area contributed by atoms with Gasteiger partial charge in [0.2, 0.25) is 5.28 Å². The molecule has 0 spiro atoms. The van der Waals surface area contributed by atoms with E-state index in [0.29, 0.717) is 35.3 Å². The molecule has 33 heavy (non-hydrogen) atoms. The number of anilines is 1. The molecular weight excluding hydrogens is 454 g/mol. The Bertz CT molecular complexity index is 1270. The van der Waals surface area contributed by atoms with Crippen molar-refractivity contribution in [3.8, 4) is 12.3 Å². The third-order valence-electron chi connectivity index (χ3n) is 5.09. The fourth-order valence-electron chi connectivity index (χ4n) is 3.28. The lowest BCUT2D eigenvalue weighted by Gasteiger charge is -2.21. The van der Waals surface area contributed by atoms with Gasteiger partial charge >= 0.3 is 6.16 Å². The Morgan fingerprint density at radius 1 is 1.45 bits per heavy atom. The Labute approximate surface area is 193 Å². The molecule has 0 aliphatic carbocycles. The molecule has 1 aliphatic heterocycles. The number of ether oxygens (including phenoxy) is 2. The zero-order chi connectivity index (χ0) is 24.2. The summed E-state index contributed by atoms with van der Waals surface area (Å²) in [5, 5.41) is 18.4. The van der Waals surface area contributed by atoms with Crippen LogP contribution in [0.1, 0.15) is 24.6 Å². The van der Waals surface area contributed by atoms with Crippen molar-refractivity contribution >= 4 is 34.6 Å². The number of rotatable bonds is 4. The summed E-state index contributed by atoms with van der Waals surface area (Å²) in [7, 11) is 1.62. The number of fused-ring (bicyclic) bond motifs is 1. The van der Waals surface area contributed by atoms with Gasteiger partial charge in [0.25, 0.3) is 5.56 Å². The number of nitrogen functional groups attached to an aromatic ring is 1. The van der Waals surface area contributed by atoms with Crippen molar-refractivity contribution in [1.82, 2.24) is 19.1 Å². The Kier molecular flexibility index (Phi) is 7.23. The third kappa shape index (κ3) is 5.43. The molecule has 1 fully saturated rings. The number of hydrogen-bond acceptors (Lipinski definition) is 8. The summed E-state index contributed by atoms with van der Waals surface area (Å²) >= 11 is 5.84. The highest BCUT2D eigenvalue weighted by atomic mass is 35.5. The van der Waals surface area contributed by atoms with Crippen LogP contribution in [0.4, 0.5) is 10.6 Å². The molecule has 2 atom stereocenters. The Morgan fingerprint density at radius 2 is 2.21 bits per heavy atom. The molecule has 12 heteroatoms. The summed E-state index contributed by atoms with van der Waals surface area (Å²) in [4.78, 5) is 29.2. The van der Waals surface area contributed by atoms with E-state index in [1.54, 1.807) is 31.6 Å². The summed E-state index contributed by atoms with van der Waals surface area (Å²) in [6.07, 6.45) is 8.42. The third-order valence-corrected chi connectivity index (χ3v) is 5.26. The van der Waals surface area contributed by atoms with Crippen molar-refractivity contribution in [2.75, 3.05) is 12.3 Å². The zero-order valence-electron chi connectivity index (χ0n) is 17.6. The summed E-state index contributed by atoms with van der Waals surface area (Å²) in [5.74, 6) is 2.84. The van der Waals surface area contributed by atoms with Gasteiger partial charge in [0.15, 0.2) is 5.60 Å². The van der Waals surface area contributed by atoms with Gasteiger partial charge in [-0.15, -0.1) is 6.42 Å². The molecule has 4 N–H and O–H groups in total. The minimum Gasteiger partial charge on any atom is -0.450 e. The lowest BCUT2D eigenvalue weighted by molar-refractivity contribution is -0.0615. The summed E-state index contributed by atoms with van der Waals surface area (Å²) in [5.41, 5.74) is 5.84. The van der Waals surface area contributed by atoms with E-state index in [4.69, 9.17) is 33.6 Å². The Hall–Kier alpha value is -3.59. The predicted octanol–water partition coefficient (Wildman–Crippen LogP) is 1.92. The molecule has 0 aromatic carbocycles. The maximum absolute atomic E-state index is 11.0. The molecular formula is C21H22ClN5O6. The van der Waals surface area contributed by atoms with Crippen molar-refractivity contribution in [3.05, 3.63) is 51.8 Å². The number of nitrogens with two attached hydrogens (primary N) is 1. The fraction of sp³-hybridized carbons (Fsp3) is 0.333. The summed E-state index contributed by atoms with van der Waals surface area (Å²) in [6.45, 7) is -0.303. The molecule has 4 heterocycles. The van der Waals surface area contributed by atoms with Crippen LogP contribution in [0.25, 0.3) is 11.0 Å². The van der Waals surface area contributed by atoms with Crippen molar-refractivity contribution in [3.63, 3.8) is 0 Å². The lowest BCUT2D eigenvalue weighted by Crippen LogP contribution is -2.31. The van der Waals surface area contributed by atoms with E-state index in [0.717, 1.165) is 0 Å². The van der Waals surface area contributed by atoms with Crippen molar-refractivity contribution in [2.45, 2.75) is 31.3 Å².